The SMILES string of the molecule is CCn1cc(Nc2ncc([N+](=O)[O-])cc2C)cn1. The Hall–Kier alpha value is -2.44. The third kappa shape index (κ3) is 2.45. The highest BCUT2D eigenvalue weighted by molar-refractivity contribution is 5.58. The number of nitro groups is 1. The van der Waals surface area contributed by atoms with Crippen molar-refractivity contribution in [3.8, 4) is 0 Å². The molecule has 7 nitrogen and oxygen atoms in total. The molecule has 0 spiro atoms. The van der Waals surface area contributed by atoms with E-state index in [2.05, 4.69) is 15.4 Å². The van der Waals surface area contributed by atoms with Crippen molar-refractivity contribution in [1.29, 1.82) is 0 Å². The molecule has 0 saturated heterocycles. The minimum absolute atomic E-state index is 0.0118. The molecular weight excluding hydrogens is 234 g/mol. The first-order valence-corrected chi connectivity index (χ1v) is 5.50. The van der Waals surface area contributed by atoms with Gasteiger partial charge < -0.3 is 5.32 Å². The number of aromatic nitrogens is 3. The first-order valence-electron chi connectivity index (χ1n) is 5.50. The summed E-state index contributed by atoms with van der Waals surface area (Å²) in [5.74, 6) is 0.594. The summed E-state index contributed by atoms with van der Waals surface area (Å²) in [7, 11) is 0. The van der Waals surface area contributed by atoms with Gasteiger partial charge in [-0.2, -0.15) is 5.10 Å². The number of hydrogen-bond donors (Lipinski definition) is 1. The molecule has 0 bridgehead atoms. The van der Waals surface area contributed by atoms with Crippen LogP contribution in [0.3, 0.4) is 0 Å². The number of anilines is 2. The van der Waals surface area contributed by atoms with Gasteiger partial charge in [0.2, 0.25) is 0 Å². The van der Waals surface area contributed by atoms with Gasteiger partial charge in [-0.15, -0.1) is 0 Å². The molecule has 0 aliphatic carbocycles. The summed E-state index contributed by atoms with van der Waals surface area (Å²) in [6, 6.07) is 1.49. The van der Waals surface area contributed by atoms with E-state index >= 15 is 0 Å². The first kappa shape index (κ1) is 12.0. The van der Waals surface area contributed by atoms with Crippen LogP contribution in [0, 0.1) is 17.0 Å². The van der Waals surface area contributed by atoms with Crippen LogP contribution in [0.15, 0.2) is 24.7 Å². The van der Waals surface area contributed by atoms with Gasteiger partial charge in [0.15, 0.2) is 0 Å². The summed E-state index contributed by atoms with van der Waals surface area (Å²) < 4.78 is 1.78. The summed E-state index contributed by atoms with van der Waals surface area (Å²) in [5, 5.41) is 17.8. The molecule has 18 heavy (non-hydrogen) atoms. The van der Waals surface area contributed by atoms with Crippen LogP contribution in [0.1, 0.15) is 12.5 Å². The first-order chi connectivity index (χ1) is 8.60. The fourth-order valence-electron chi connectivity index (χ4n) is 1.53. The van der Waals surface area contributed by atoms with Crippen molar-refractivity contribution >= 4 is 17.2 Å². The van der Waals surface area contributed by atoms with Crippen LogP contribution in [-0.4, -0.2) is 19.7 Å². The molecule has 94 valence electrons. The van der Waals surface area contributed by atoms with Gasteiger partial charge >= 0.3 is 0 Å². The summed E-state index contributed by atoms with van der Waals surface area (Å²) in [6.07, 6.45) is 4.77. The van der Waals surface area contributed by atoms with E-state index in [1.165, 1.54) is 12.3 Å². The Morgan fingerprint density at radius 3 is 2.83 bits per heavy atom. The molecule has 7 heteroatoms. The van der Waals surface area contributed by atoms with E-state index in [0.29, 0.717) is 11.4 Å². The minimum Gasteiger partial charge on any atom is -0.337 e. The minimum atomic E-state index is -0.459. The molecule has 0 radical (unpaired) electrons. The number of nitrogens with zero attached hydrogens (tertiary/aromatic N) is 4. The van der Waals surface area contributed by atoms with Crippen LogP contribution < -0.4 is 5.32 Å². The zero-order chi connectivity index (χ0) is 13.1. The lowest BCUT2D eigenvalue weighted by atomic mass is 10.2. The number of hydrogen-bond acceptors (Lipinski definition) is 5. The molecule has 0 aliphatic heterocycles. The molecule has 1 N–H and O–H groups in total. The van der Waals surface area contributed by atoms with Crippen LogP contribution in [0.25, 0.3) is 0 Å². The van der Waals surface area contributed by atoms with Crippen molar-refractivity contribution in [1.82, 2.24) is 14.8 Å². The van der Waals surface area contributed by atoms with Gasteiger partial charge in [0.1, 0.15) is 12.0 Å². The lowest BCUT2D eigenvalue weighted by Gasteiger charge is -2.05. The number of aryl methyl sites for hydroxylation is 2. The van der Waals surface area contributed by atoms with E-state index < -0.39 is 4.92 Å². The van der Waals surface area contributed by atoms with E-state index in [4.69, 9.17) is 0 Å². The quantitative estimate of drug-likeness (QED) is 0.661. The van der Waals surface area contributed by atoms with Crippen molar-refractivity contribution in [2.75, 3.05) is 5.32 Å². The molecule has 0 saturated carbocycles. The molecule has 2 aromatic rings. The Morgan fingerprint density at radius 1 is 1.50 bits per heavy atom. The number of rotatable bonds is 4. The zero-order valence-corrected chi connectivity index (χ0v) is 10.1. The molecule has 0 aromatic carbocycles. The van der Waals surface area contributed by atoms with Gasteiger partial charge in [-0.05, 0) is 19.4 Å². The average molecular weight is 247 g/mol. The van der Waals surface area contributed by atoms with E-state index in [-0.39, 0.29) is 5.69 Å². The maximum Gasteiger partial charge on any atom is 0.287 e. The number of nitrogens with one attached hydrogen (secondary N) is 1. The Bertz CT molecular complexity index is 579. The number of pyridine rings is 1. The molecule has 0 aliphatic rings. The molecule has 2 aromatic heterocycles. The second-order valence-corrected chi connectivity index (χ2v) is 3.83. The summed E-state index contributed by atoms with van der Waals surface area (Å²) in [5.41, 5.74) is 1.51. The molecule has 0 amide bonds. The Labute approximate surface area is 104 Å². The lowest BCUT2D eigenvalue weighted by Crippen LogP contribution is -1.98. The predicted molar refractivity (Wildman–Crippen MR) is 66.8 cm³/mol. The van der Waals surface area contributed by atoms with Gasteiger partial charge in [-0.1, -0.05) is 0 Å². The third-order valence-corrected chi connectivity index (χ3v) is 2.49. The fourth-order valence-corrected chi connectivity index (χ4v) is 1.53. The van der Waals surface area contributed by atoms with Crippen molar-refractivity contribution in [2.45, 2.75) is 20.4 Å². The van der Waals surface area contributed by atoms with Gasteiger partial charge in [0.05, 0.1) is 16.8 Å². The zero-order valence-electron chi connectivity index (χ0n) is 10.1. The maximum atomic E-state index is 10.6. The van der Waals surface area contributed by atoms with Crippen LogP contribution in [0.2, 0.25) is 0 Å². The van der Waals surface area contributed by atoms with Crippen LogP contribution in [-0.2, 0) is 6.54 Å². The molecular formula is C11H13N5O2. The predicted octanol–water partition coefficient (Wildman–Crippen LogP) is 2.26. The van der Waals surface area contributed by atoms with Crippen molar-refractivity contribution < 1.29 is 4.92 Å². The second kappa shape index (κ2) is 4.82. The second-order valence-electron chi connectivity index (χ2n) is 3.83. The highest BCUT2D eigenvalue weighted by atomic mass is 16.6. The lowest BCUT2D eigenvalue weighted by molar-refractivity contribution is -0.385. The maximum absolute atomic E-state index is 10.6. The Kier molecular flexibility index (Phi) is 3.22. The van der Waals surface area contributed by atoms with Crippen LogP contribution >= 0.6 is 0 Å². The molecule has 0 unspecified atom stereocenters. The third-order valence-electron chi connectivity index (χ3n) is 2.49. The molecule has 2 heterocycles. The standard InChI is InChI=1S/C11H13N5O2/c1-3-15-7-9(5-13-15)14-11-8(2)4-10(6-12-11)16(17)18/h4-7H,3H2,1-2H3,(H,12,14). The van der Waals surface area contributed by atoms with Crippen molar-refractivity contribution in [2.24, 2.45) is 0 Å². The summed E-state index contributed by atoms with van der Waals surface area (Å²) in [6.45, 7) is 4.55. The van der Waals surface area contributed by atoms with Crippen molar-refractivity contribution in [3.05, 3.63) is 40.3 Å². The Balaban J connectivity index is 2.21. The normalized spacial score (nSPS) is 10.3. The van der Waals surface area contributed by atoms with E-state index in [1.54, 1.807) is 17.8 Å². The van der Waals surface area contributed by atoms with E-state index in [1.807, 2.05) is 13.1 Å². The highest BCUT2D eigenvalue weighted by Gasteiger charge is 2.10. The van der Waals surface area contributed by atoms with Crippen LogP contribution in [0.5, 0.6) is 0 Å². The highest BCUT2D eigenvalue weighted by Crippen LogP contribution is 2.21. The summed E-state index contributed by atoms with van der Waals surface area (Å²) >= 11 is 0. The van der Waals surface area contributed by atoms with Gasteiger partial charge in [-0.25, -0.2) is 4.98 Å². The van der Waals surface area contributed by atoms with Gasteiger partial charge in [0.25, 0.3) is 5.69 Å². The Morgan fingerprint density at radius 2 is 2.28 bits per heavy atom. The molecule has 0 fully saturated rings. The van der Waals surface area contributed by atoms with Gasteiger partial charge in [0, 0.05) is 18.8 Å². The van der Waals surface area contributed by atoms with Crippen molar-refractivity contribution in [3.63, 3.8) is 0 Å². The topological polar surface area (TPSA) is 85.9 Å². The fraction of sp³-hybridized carbons (Fsp3) is 0.273. The molecule has 2 rings (SSSR count). The summed E-state index contributed by atoms with van der Waals surface area (Å²) in [4.78, 5) is 14.2. The monoisotopic (exact) mass is 247 g/mol. The van der Waals surface area contributed by atoms with E-state index in [9.17, 15) is 10.1 Å². The average Bonchev–Trinajstić information content (AvgIpc) is 2.79. The van der Waals surface area contributed by atoms with Crippen LogP contribution in [0.4, 0.5) is 17.2 Å². The van der Waals surface area contributed by atoms with Gasteiger partial charge in [-0.3, -0.25) is 14.8 Å². The van der Waals surface area contributed by atoms with E-state index in [0.717, 1.165) is 12.2 Å². The smallest absolute Gasteiger partial charge is 0.287 e. The molecule has 0 atom stereocenters. The largest absolute Gasteiger partial charge is 0.337 e.